The normalized spacial score (nSPS) is 18.1. The zero-order valence-corrected chi connectivity index (χ0v) is 27.9. The maximum atomic E-state index is 14.2. The SMILES string of the molecule is CCCCNCC(=O)NC1(C(=O)N(C)[C@H](C(=O)N(C)[C@@H](CC(=O)OC(C)(C)C)C(=O)N2CCCCC2)C(C)C)CCCC1. The van der Waals surface area contributed by atoms with Gasteiger partial charge < -0.3 is 30.1 Å². The zero-order valence-electron chi connectivity index (χ0n) is 27.9. The van der Waals surface area contributed by atoms with Gasteiger partial charge in [-0.05, 0) is 71.8 Å². The molecule has 11 nitrogen and oxygen atoms in total. The van der Waals surface area contributed by atoms with Crippen molar-refractivity contribution in [2.75, 3.05) is 40.3 Å². The molecular weight excluding hydrogens is 550 g/mol. The molecule has 2 N–H and O–H groups in total. The Morgan fingerprint density at radius 3 is 2.07 bits per heavy atom. The molecule has 0 bridgehead atoms. The van der Waals surface area contributed by atoms with E-state index in [1.54, 1.807) is 32.7 Å². The van der Waals surface area contributed by atoms with Crippen molar-refractivity contribution in [3.8, 4) is 0 Å². The lowest BCUT2D eigenvalue weighted by molar-refractivity contribution is -0.162. The van der Waals surface area contributed by atoms with Gasteiger partial charge in [-0.15, -0.1) is 0 Å². The Morgan fingerprint density at radius 2 is 1.53 bits per heavy atom. The molecule has 1 saturated carbocycles. The van der Waals surface area contributed by atoms with Gasteiger partial charge in [0.1, 0.15) is 23.2 Å². The number of carbonyl (C=O) groups is 5. The van der Waals surface area contributed by atoms with Crippen LogP contribution >= 0.6 is 0 Å². The van der Waals surface area contributed by atoms with Gasteiger partial charge >= 0.3 is 5.97 Å². The molecular formula is C32H57N5O6. The molecule has 1 heterocycles. The Kier molecular flexibility index (Phi) is 13.9. The standard InChI is InChI=1S/C32H57N5O6/c1-9-10-18-33-22-25(38)34-32(16-12-13-17-32)30(42)36(8)27(23(2)3)29(41)35(7)24(21-26(39)43-31(4,5)6)28(40)37-19-14-11-15-20-37/h23-24,27,33H,9-22H2,1-8H3,(H,34,38)/t24-,27-/m0/s1. The number of esters is 1. The van der Waals surface area contributed by atoms with Gasteiger partial charge in [0.15, 0.2) is 0 Å². The van der Waals surface area contributed by atoms with Crippen molar-refractivity contribution in [1.29, 1.82) is 0 Å². The Labute approximate surface area is 258 Å². The zero-order chi connectivity index (χ0) is 32.4. The van der Waals surface area contributed by atoms with Gasteiger partial charge in [0.2, 0.25) is 23.6 Å². The molecule has 0 aromatic carbocycles. The van der Waals surface area contributed by atoms with Gasteiger partial charge in [-0.2, -0.15) is 0 Å². The second kappa shape index (κ2) is 16.4. The summed E-state index contributed by atoms with van der Waals surface area (Å²) in [6.45, 7) is 13.1. The van der Waals surface area contributed by atoms with Gasteiger partial charge in [-0.1, -0.05) is 40.0 Å². The number of unbranched alkanes of at least 4 members (excludes halogenated alkanes) is 1. The van der Waals surface area contributed by atoms with E-state index in [2.05, 4.69) is 17.6 Å². The summed E-state index contributed by atoms with van der Waals surface area (Å²) in [4.78, 5) is 72.3. The summed E-state index contributed by atoms with van der Waals surface area (Å²) in [5, 5.41) is 6.13. The Bertz CT molecular complexity index is 966. The monoisotopic (exact) mass is 607 g/mol. The van der Waals surface area contributed by atoms with Crippen molar-refractivity contribution in [3.05, 3.63) is 0 Å². The van der Waals surface area contributed by atoms with Gasteiger partial charge in [-0.25, -0.2) is 0 Å². The van der Waals surface area contributed by atoms with E-state index in [9.17, 15) is 24.0 Å². The van der Waals surface area contributed by atoms with Crippen LogP contribution in [0.5, 0.6) is 0 Å². The molecule has 2 atom stereocenters. The van der Waals surface area contributed by atoms with Crippen molar-refractivity contribution in [2.45, 2.75) is 129 Å². The van der Waals surface area contributed by atoms with Crippen LogP contribution in [0.25, 0.3) is 0 Å². The van der Waals surface area contributed by atoms with E-state index in [4.69, 9.17) is 4.74 Å². The molecule has 0 aromatic heterocycles. The van der Waals surface area contributed by atoms with E-state index >= 15 is 0 Å². The first-order valence-electron chi connectivity index (χ1n) is 16.2. The highest BCUT2D eigenvalue weighted by atomic mass is 16.6. The number of piperidine rings is 1. The molecule has 43 heavy (non-hydrogen) atoms. The molecule has 11 heteroatoms. The Hall–Kier alpha value is -2.69. The summed E-state index contributed by atoms with van der Waals surface area (Å²) in [7, 11) is 3.13. The lowest BCUT2D eigenvalue weighted by Crippen LogP contribution is -2.63. The van der Waals surface area contributed by atoms with Crippen molar-refractivity contribution >= 4 is 29.6 Å². The van der Waals surface area contributed by atoms with Crippen LogP contribution in [0.1, 0.15) is 106 Å². The third kappa shape index (κ3) is 10.5. The first-order valence-corrected chi connectivity index (χ1v) is 16.2. The molecule has 0 spiro atoms. The largest absolute Gasteiger partial charge is 0.460 e. The number of hydrogen-bond donors (Lipinski definition) is 2. The average Bonchev–Trinajstić information content (AvgIpc) is 3.41. The van der Waals surface area contributed by atoms with Crippen LogP contribution in [-0.4, -0.2) is 108 Å². The Morgan fingerprint density at radius 1 is 0.930 bits per heavy atom. The van der Waals surface area contributed by atoms with Crippen molar-refractivity contribution < 1.29 is 28.7 Å². The molecule has 2 rings (SSSR count). The van der Waals surface area contributed by atoms with Crippen LogP contribution < -0.4 is 10.6 Å². The van der Waals surface area contributed by atoms with Gasteiger partial charge in [0, 0.05) is 27.2 Å². The van der Waals surface area contributed by atoms with E-state index in [1.807, 2.05) is 13.8 Å². The first kappa shape index (κ1) is 36.5. The quantitative estimate of drug-likeness (QED) is 0.230. The van der Waals surface area contributed by atoms with Gasteiger partial charge in [0.05, 0.1) is 13.0 Å². The minimum Gasteiger partial charge on any atom is -0.460 e. The highest BCUT2D eigenvalue weighted by Gasteiger charge is 2.48. The van der Waals surface area contributed by atoms with Crippen LogP contribution in [0.15, 0.2) is 0 Å². The smallest absolute Gasteiger partial charge is 0.308 e. The summed E-state index contributed by atoms with van der Waals surface area (Å²) in [6.07, 6.45) is 7.07. The highest BCUT2D eigenvalue weighted by molar-refractivity contribution is 5.97. The summed E-state index contributed by atoms with van der Waals surface area (Å²) < 4.78 is 5.53. The number of likely N-dealkylation sites (tertiary alicyclic amines) is 1. The molecule has 246 valence electrons. The number of amides is 4. The summed E-state index contributed by atoms with van der Waals surface area (Å²) in [6, 6.07) is -1.95. The maximum Gasteiger partial charge on any atom is 0.308 e. The van der Waals surface area contributed by atoms with Gasteiger partial charge in [0.25, 0.3) is 0 Å². The number of ether oxygens (including phenoxy) is 1. The fourth-order valence-electron chi connectivity index (χ4n) is 6.17. The molecule has 2 aliphatic rings. The lowest BCUT2D eigenvalue weighted by atomic mass is 9.92. The average molecular weight is 608 g/mol. The predicted molar refractivity (Wildman–Crippen MR) is 166 cm³/mol. The maximum absolute atomic E-state index is 14.2. The van der Waals surface area contributed by atoms with Crippen LogP contribution in [0.4, 0.5) is 0 Å². The molecule has 0 unspecified atom stereocenters. The fraction of sp³-hybridized carbons (Fsp3) is 0.844. The van der Waals surface area contributed by atoms with Gasteiger partial charge in [-0.3, -0.25) is 24.0 Å². The van der Waals surface area contributed by atoms with Crippen LogP contribution in [0.2, 0.25) is 0 Å². The summed E-state index contributed by atoms with van der Waals surface area (Å²) in [5.41, 5.74) is -1.82. The molecule has 1 aliphatic carbocycles. The van der Waals surface area contributed by atoms with Crippen LogP contribution in [0, 0.1) is 5.92 Å². The van der Waals surface area contributed by atoms with Crippen molar-refractivity contribution in [3.63, 3.8) is 0 Å². The molecule has 2 fully saturated rings. The van der Waals surface area contributed by atoms with E-state index in [-0.39, 0.29) is 36.6 Å². The number of likely N-dealkylation sites (N-methyl/N-ethyl adjacent to an activating group) is 2. The van der Waals surface area contributed by atoms with E-state index < -0.39 is 35.1 Å². The molecule has 1 saturated heterocycles. The summed E-state index contributed by atoms with van der Waals surface area (Å²) >= 11 is 0. The van der Waals surface area contributed by atoms with Crippen LogP contribution in [-0.2, 0) is 28.7 Å². The molecule has 0 aromatic rings. The minimum absolute atomic E-state index is 0.124. The first-order chi connectivity index (χ1) is 20.1. The van der Waals surface area contributed by atoms with E-state index in [0.717, 1.165) is 51.5 Å². The number of hydrogen-bond acceptors (Lipinski definition) is 7. The third-order valence-corrected chi connectivity index (χ3v) is 8.41. The summed E-state index contributed by atoms with van der Waals surface area (Å²) in [5.74, 6) is -2.11. The second-order valence-electron chi connectivity index (χ2n) is 13.6. The highest BCUT2D eigenvalue weighted by Crippen LogP contribution is 2.33. The lowest BCUT2D eigenvalue weighted by Gasteiger charge is -2.41. The molecule has 0 radical (unpaired) electrons. The Balaban J connectivity index is 2.30. The number of nitrogens with one attached hydrogen (secondary N) is 2. The van der Waals surface area contributed by atoms with E-state index in [0.29, 0.717) is 25.9 Å². The fourth-order valence-corrected chi connectivity index (χ4v) is 6.17. The van der Waals surface area contributed by atoms with Crippen molar-refractivity contribution in [2.24, 2.45) is 5.92 Å². The number of rotatable bonds is 14. The predicted octanol–water partition coefficient (Wildman–Crippen LogP) is 2.86. The topological polar surface area (TPSA) is 128 Å². The number of carbonyl (C=O) groups excluding carboxylic acids is 5. The van der Waals surface area contributed by atoms with Crippen LogP contribution in [0.3, 0.4) is 0 Å². The minimum atomic E-state index is -1.08. The molecule has 1 aliphatic heterocycles. The van der Waals surface area contributed by atoms with E-state index in [1.165, 1.54) is 16.8 Å². The van der Waals surface area contributed by atoms with Crippen molar-refractivity contribution in [1.82, 2.24) is 25.3 Å². The number of nitrogens with zero attached hydrogens (tertiary/aromatic N) is 3. The third-order valence-electron chi connectivity index (χ3n) is 8.41. The molecule has 4 amide bonds. The second-order valence-corrected chi connectivity index (χ2v) is 13.6.